The molecule has 0 aromatic carbocycles. The fraction of sp³-hybridized carbons (Fsp3) is 0.833. The highest BCUT2D eigenvalue weighted by atomic mass is 32.2. The lowest BCUT2D eigenvalue weighted by Gasteiger charge is -2.16. The summed E-state index contributed by atoms with van der Waals surface area (Å²) in [6.07, 6.45) is 1.92. The van der Waals surface area contributed by atoms with Crippen LogP contribution in [0.2, 0.25) is 0 Å². The molecule has 1 fully saturated rings. The second-order valence-corrected chi connectivity index (χ2v) is 7.15. The van der Waals surface area contributed by atoms with Crippen molar-refractivity contribution in [1.29, 1.82) is 0 Å². The predicted octanol–water partition coefficient (Wildman–Crippen LogP) is 2.52. The van der Waals surface area contributed by atoms with E-state index < -0.39 is 0 Å². The molecule has 0 bridgehead atoms. The maximum atomic E-state index is 5.31. The number of rotatable bonds is 6. The van der Waals surface area contributed by atoms with Crippen molar-refractivity contribution in [3.63, 3.8) is 0 Å². The van der Waals surface area contributed by atoms with Gasteiger partial charge in [0.15, 0.2) is 5.82 Å². The summed E-state index contributed by atoms with van der Waals surface area (Å²) in [5.41, 5.74) is 0. The van der Waals surface area contributed by atoms with Crippen LogP contribution in [0.25, 0.3) is 0 Å². The summed E-state index contributed by atoms with van der Waals surface area (Å²) in [6.45, 7) is 5.31. The molecule has 1 aromatic rings. The van der Waals surface area contributed by atoms with E-state index in [0.717, 1.165) is 36.9 Å². The van der Waals surface area contributed by atoms with Gasteiger partial charge in [-0.3, -0.25) is 0 Å². The molecule has 4 nitrogen and oxygen atoms in total. The topological polar surface area (TPSA) is 51.0 Å². The summed E-state index contributed by atoms with van der Waals surface area (Å²) >= 11 is 3.92. The van der Waals surface area contributed by atoms with E-state index in [0.29, 0.717) is 11.3 Å². The smallest absolute Gasteiger partial charge is 0.226 e. The van der Waals surface area contributed by atoms with Crippen molar-refractivity contribution >= 4 is 23.5 Å². The van der Waals surface area contributed by atoms with Crippen molar-refractivity contribution in [1.82, 2.24) is 15.5 Å². The SMILES string of the molecule is CC(C)NCCCc1nc(C2CSCCS2)no1. The Bertz CT molecular complexity index is 351. The largest absolute Gasteiger partial charge is 0.339 e. The fourth-order valence-electron chi connectivity index (χ4n) is 1.77. The Hall–Kier alpha value is -0.200. The third-order valence-electron chi connectivity index (χ3n) is 2.71. The normalized spacial score (nSPS) is 20.5. The van der Waals surface area contributed by atoms with Crippen LogP contribution >= 0.6 is 23.5 Å². The Kier molecular flexibility index (Phi) is 5.85. The molecule has 1 aliphatic rings. The zero-order valence-corrected chi connectivity index (χ0v) is 12.6. The van der Waals surface area contributed by atoms with Crippen LogP contribution in [0.5, 0.6) is 0 Å². The molecule has 0 amide bonds. The third-order valence-corrected chi connectivity index (χ3v) is 5.46. The van der Waals surface area contributed by atoms with Crippen molar-refractivity contribution in [2.75, 3.05) is 23.8 Å². The standard InChI is InChI=1S/C12H21N3OS2/c1-9(2)13-5-3-4-11-14-12(15-16-11)10-8-17-6-7-18-10/h9-10,13H,3-8H2,1-2H3. The van der Waals surface area contributed by atoms with Crippen molar-refractivity contribution in [3.05, 3.63) is 11.7 Å². The van der Waals surface area contributed by atoms with Crippen LogP contribution in [0.1, 0.15) is 37.2 Å². The molecule has 1 aromatic heterocycles. The van der Waals surface area contributed by atoms with Gasteiger partial charge in [-0.2, -0.15) is 16.7 Å². The van der Waals surface area contributed by atoms with Gasteiger partial charge in [0.1, 0.15) is 0 Å². The number of hydrogen-bond acceptors (Lipinski definition) is 6. The molecule has 1 N–H and O–H groups in total. The van der Waals surface area contributed by atoms with Crippen molar-refractivity contribution in [3.8, 4) is 0 Å². The monoisotopic (exact) mass is 287 g/mol. The lowest BCUT2D eigenvalue weighted by Crippen LogP contribution is -2.23. The minimum atomic E-state index is 0.426. The highest BCUT2D eigenvalue weighted by Gasteiger charge is 2.21. The summed E-state index contributed by atoms with van der Waals surface area (Å²) in [7, 11) is 0. The lowest BCUT2D eigenvalue weighted by molar-refractivity contribution is 0.369. The average molecular weight is 287 g/mol. The Morgan fingerprint density at radius 3 is 3.06 bits per heavy atom. The lowest BCUT2D eigenvalue weighted by atomic mass is 10.3. The van der Waals surface area contributed by atoms with E-state index in [1.54, 1.807) is 0 Å². The highest BCUT2D eigenvalue weighted by Crippen LogP contribution is 2.35. The van der Waals surface area contributed by atoms with E-state index in [1.165, 1.54) is 11.5 Å². The minimum Gasteiger partial charge on any atom is -0.339 e. The highest BCUT2D eigenvalue weighted by molar-refractivity contribution is 8.06. The Labute approximate surface area is 117 Å². The second kappa shape index (κ2) is 7.40. The quantitative estimate of drug-likeness (QED) is 0.811. The van der Waals surface area contributed by atoms with Gasteiger partial charge in [0.05, 0.1) is 5.25 Å². The first-order valence-electron chi connectivity index (χ1n) is 6.51. The zero-order chi connectivity index (χ0) is 12.8. The van der Waals surface area contributed by atoms with Crippen molar-refractivity contribution in [2.45, 2.75) is 38.0 Å². The first-order chi connectivity index (χ1) is 8.75. The maximum absolute atomic E-state index is 5.31. The fourth-order valence-corrected chi connectivity index (χ4v) is 4.36. The molecule has 18 heavy (non-hydrogen) atoms. The molecule has 0 saturated carbocycles. The molecule has 0 radical (unpaired) electrons. The van der Waals surface area contributed by atoms with Gasteiger partial charge in [-0.25, -0.2) is 0 Å². The van der Waals surface area contributed by atoms with E-state index in [9.17, 15) is 0 Å². The van der Waals surface area contributed by atoms with Gasteiger partial charge < -0.3 is 9.84 Å². The van der Waals surface area contributed by atoms with Crippen LogP contribution < -0.4 is 5.32 Å². The summed E-state index contributed by atoms with van der Waals surface area (Å²) in [5, 5.41) is 7.93. The summed E-state index contributed by atoms with van der Waals surface area (Å²) in [4.78, 5) is 4.51. The molecule has 1 aliphatic heterocycles. The number of hydrogen-bond donors (Lipinski definition) is 1. The first-order valence-corrected chi connectivity index (χ1v) is 8.71. The molecular formula is C12H21N3OS2. The van der Waals surface area contributed by atoms with E-state index in [-0.39, 0.29) is 0 Å². The van der Waals surface area contributed by atoms with E-state index in [4.69, 9.17) is 4.52 Å². The Morgan fingerprint density at radius 1 is 1.44 bits per heavy atom. The van der Waals surface area contributed by atoms with Crippen molar-refractivity contribution < 1.29 is 4.52 Å². The molecular weight excluding hydrogens is 266 g/mol. The molecule has 2 heterocycles. The molecule has 1 atom stereocenters. The van der Waals surface area contributed by atoms with Gasteiger partial charge >= 0.3 is 0 Å². The van der Waals surface area contributed by atoms with E-state index in [1.807, 2.05) is 23.5 Å². The number of aromatic nitrogens is 2. The van der Waals surface area contributed by atoms with Gasteiger partial charge in [0, 0.05) is 29.7 Å². The molecule has 1 unspecified atom stereocenters. The number of nitrogens with zero attached hydrogens (tertiary/aromatic N) is 2. The Balaban J connectivity index is 1.75. The zero-order valence-electron chi connectivity index (χ0n) is 11.0. The third kappa shape index (κ3) is 4.48. The maximum Gasteiger partial charge on any atom is 0.226 e. The molecule has 0 spiro atoms. The number of nitrogens with one attached hydrogen (secondary N) is 1. The Morgan fingerprint density at radius 2 is 2.33 bits per heavy atom. The summed E-state index contributed by atoms with van der Waals surface area (Å²) in [5.74, 6) is 5.22. The van der Waals surface area contributed by atoms with Gasteiger partial charge in [-0.05, 0) is 13.0 Å². The number of thioether (sulfide) groups is 2. The summed E-state index contributed by atoms with van der Waals surface area (Å²) in [6, 6.07) is 0.541. The molecule has 0 aliphatic carbocycles. The molecule has 6 heteroatoms. The van der Waals surface area contributed by atoms with Crippen LogP contribution in [-0.2, 0) is 6.42 Å². The van der Waals surface area contributed by atoms with Crippen LogP contribution in [0, 0.1) is 0 Å². The average Bonchev–Trinajstić information content (AvgIpc) is 2.84. The van der Waals surface area contributed by atoms with Crippen molar-refractivity contribution in [2.24, 2.45) is 0 Å². The van der Waals surface area contributed by atoms with Gasteiger partial charge in [0.25, 0.3) is 0 Å². The van der Waals surface area contributed by atoms with E-state index in [2.05, 4.69) is 29.3 Å². The van der Waals surface area contributed by atoms with Crippen LogP contribution in [-0.4, -0.2) is 40.0 Å². The van der Waals surface area contributed by atoms with E-state index >= 15 is 0 Å². The minimum absolute atomic E-state index is 0.426. The van der Waals surface area contributed by atoms with Crippen LogP contribution in [0.4, 0.5) is 0 Å². The van der Waals surface area contributed by atoms with Gasteiger partial charge in [-0.15, -0.1) is 11.8 Å². The predicted molar refractivity (Wildman–Crippen MR) is 78.3 cm³/mol. The molecule has 102 valence electrons. The summed E-state index contributed by atoms with van der Waals surface area (Å²) < 4.78 is 5.31. The first kappa shape index (κ1) is 14.2. The number of aryl methyl sites for hydroxylation is 1. The molecule has 1 saturated heterocycles. The van der Waals surface area contributed by atoms with Crippen LogP contribution in [0.15, 0.2) is 4.52 Å². The van der Waals surface area contributed by atoms with Gasteiger partial charge in [-0.1, -0.05) is 19.0 Å². The van der Waals surface area contributed by atoms with Crippen LogP contribution in [0.3, 0.4) is 0 Å². The van der Waals surface area contributed by atoms with Gasteiger partial charge in [0.2, 0.25) is 5.89 Å². The molecule has 2 rings (SSSR count). The second-order valence-electron chi connectivity index (χ2n) is 4.69.